The minimum atomic E-state index is 0.351. The van der Waals surface area contributed by atoms with E-state index >= 15 is 0 Å². The molecule has 1 heteroatoms. The molecule has 0 saturated heterocycles. The van der Waals surface area contributed by atoms with E-state index in [2.05, 4.69) is 85.9 Å². The van der Waals surface area contributed by atoms with E-state index in [1.54, 1.807) is 0 Å². The van der Waals surface area contributed by atoms with Gasteiger partial charge in [-0.1, -0.05) is 72.3 Å². The molecule has 0 aliphatic heterocycles. The Morgan fingerprint density at radius 1 is 0.857 bits per heavy atom. The minimum Gasteiger partial charge on any atom is -0.306 e. The van der Waals surface area contributed by atoms with E-state index in [4.69, 9.17) is 0 Å². The molecule has 1 unspecified atom stereocenters. The van der Waals surface area contributed by atoms with Crippen molar-refractivity contribution >= 4 is 10.8 Å². The highest BCUT2D eigenvalue weighted by molar-refractivity contribution is 5.85. The van der Waals surface area contributed by atoms with Gasteiger partial charge in [0.15, 0.2) is 0 Å². The van der Waals surface area contributed by atoms with Gasteiger partial charge in [-0.05, 0) is 35.7 Å². The Morgan fingerprint density at radius 3 is 2.38 bits per heavy atom. The summed E-state index contributed by atoms with van der Waals surface area (Å²) in [7, 11) is 0. The molecule has 0 saturated carbocycles. The van der Waals surface area contributed by atoms with E-state index in [0.29, 0.717) is 6.04 Å². The van der Waals surface area contributed by atoms with Gasteiger partial charge >= 0.3 is 0 Å². The normalized spacial score (nSPS) is 12.5. The predicted molar refractivity (Wildman–Crippen MR) is 90.4 cm³/mol. The fourth-order valence-corrected chi connectivity index (χ4v) is 2.68. The van der Waals surface area contributed by atoms with E-state index in [9.17, 15) is 0 Å². The fourth-order valence-electron chi connectivity index (χ4n) is 2.68. The summed E-state index contributed by atoms with van der Waals surface area (Å²) in [6.07, 6.45) is 0. The van der Waals surface area contributed by atoms with Crippen LogP contribution in [0, 0.1) is 6.92 Å². The van der Waals surface area contributed by atoms with E-state index < -0.39 is 0 Å². The highest BCUT2D eigenvalue weighted by atomic mass is 14.9. The Balaban J connectivity index is 1.76. The maximum Gasteiger partial charge on any atom is 0.0294 e. The molecule has 3 aromatic carbocycles. The van der Waals surface area contributed by atoms with Gasteiger partial charge in [-0.25, -0.2) is 0 Å². The van der Waals surface area contributed by atoms with Crippen LogP contribution in [0.25, 0.3) is 10.8 Å². The summed E-state index contributed by atoms with van der Waals surface area (Å²) in [5, 5.41) is 6.27. The molecule has 1 N–H and O–H groups in total. The third-order valence-electron chi connectivity index (χ3n) is 4.06. The standard InChI is InChI=1S/C20H21N/c1-15-10-12-17(13-11-15)16(2)21-14-19-8-5-7-18-6-3-4-9-20(18)19/h3-13,16,21H,14H2,1-2H3. The number of fused-ring (bicyclic) bond motifs is 1. The highest BCUT2D eigenvalue weighted by Gasteiger charge is 2.06. The smallest absolute Gasteiger partial charge is 0.0294 e. The number of rotatable bonds is 4. The molecule has 0 spiro atoms. The van der Waals surface area contributed by atoms with Crippen molar-refractivity contribution in [3.63, 3.8) is 0 Å². The molecule has 0 bridgehead atoms. The van der Waals surface area contributed by atoms with Gasteiger partial charge in [0, 0.05) is 12.6 Å². The van der Waals surface area contributed by atoms with Crippen molar-refractivity contribution in [2.75, 3.05) is 0 Å². The number of nitrogens with one attached hydrogen (secondary N) is 1. The zero-order chi connectivity index (χ0) is 14.7. The second-order valence-corrected chi connectivity index (χ2v) is 5.65. The molecule has 1 atom stereocenters. The third-order valence-corrected chi connectivity index (χ3v) is 4.06. The minimum absolute atomic E-state index is 0.351. The molecule has 1 nitrogen and oxygen atoms in total. The summed E-state index contributed by atoms with van der Waals surface area (Å²) in [6, 6.07) is 24.2. The van der Waals surface area contributed by atoms with Crippen LogP contribution in [0.4, 0.5) is 0 Å². The van der Waals surface area contributed by atoms with Crippen molar-refractivity contribution in [1.82, 2.24) is 5.32 Å². The molecule has 3 aromatic rings. The Hall–Kier alpha value is -2.12. The molecule has 0 aliphatic carbocycles. The van der Waals surface area contributed by atoms with Crippen molar-refractivity contribution < 1.29 is 0 Å². The maximum absolute atomic E-state index is 3.63. The lowest BCUT2D eigenvalue weighted by Crippen LogP contribution is -2.18. The Morgan fingerprint density at radius 2 is 1.57 bits per heavy atom. The molecule has 0 aliphatic rings. The molecule has 0 fully saturated rings. The van der Waals surface area contributed by atoms with Gasteiger partial charge < -0.3 is 5.32 Å². The molecule has 3 rings (SSSR count). The molecule has 0 amide bonds. The SMILES string of the molecule is Cc1ccc(C(C)NCc2cccc3ccccc23)cc1. The zero-order valence-corrected chi connectivity index (χ0v) is 12.6. The largest absolute Gasteiger partial charge is 0.306 e. The van der Waals surface area contributed by atoms with Crippen LogP contribution < -0.4 is 5.32 Å². The van der Waals surface area contributed by atoms with E-state index in [0.717, 1.165) is 6.54 Å². The summed E-state index contributed by atoms with van der Waals surface area (Å²) in [6.45, 7) is 5.23. The lowest BCUT2D eigenvalue weighted by atomic mass is 10.0. The summed E-state index contributed by atoms with van der Waals surface area (Å²) in [4.78, 5) is 0. The summed E-state index contributed by atoms with van der Waals surface area (Å²) in [5.41, 5.74) is 3.99. The van der Waals surface area contributed by atoms with Gasteiger partial charge in [0.2, 0.25) is 0 Å². The molecule has 0 radical (unpaired) electrons. The van der Waals surface area contributed by atoms with Gasteiger partial charge in [0.1, 0.15) is 0 Å². The van der Waals surface area contributed by atoms with Crippen LogP contribution in [0.5, 0.6) is 0 Å². The van der Waals surface area contributed by atoms with Crippen molar-refractivity contribution in [1.29, 1.82) is 0 Å². The highest BCUT2D eigenvalue weighted by Crippen LogP contribution is 2.20. The fraction of sp³-hybridized carbons (Fsp3) is 0.200. The Kier molecular flexibility index (Phi) is 4.03. The second-order valence-electron chi connectivity index (χ2n) is 5.65. The molecular weight excluding hydrogens is 254 g/mol. The lowest BCUT2D eigenvalue weighted by molar-refractivity contribution is 0.576. The number of hydrogen-bond acceptors (Lipinski definition) is 1. The van der Waals surface area contributed by atoms with Crippen molar-refractivity contribution in [2.24, 2.45) is 0 Å². The van der Waals surface area contributed by atoms with Gasteiger partial charge in [-0.15, -0.1) is 0 Å². The summed E-state index contributed by atoms with van der Waals surface area (Å²) >= 11 is 0. The van der Waals surface area contributed by atoms with Gasteiger partial charge in [0.05, 0.1) is 0 Å². The molecular formula is C20H21N. The second kappa shape index (κ2) is 6.11. The van der Waals surface area contributed by atoms with E-state index in [1.807, 2.05) is 0 Å². The molecule has 0 heterocycles. The number of benzene rings is 3. The lowest BCUT2D eigenvalue weighted by Gasteiger charge is -2.15. The van der Waals surface area contributed by atoms with E-state index in [1.165, 1.54) is 27.5 Å². The van der Waals surface area contributed by atoms with Crippen LogP contribution in [0.15, 0.2) is 66.7 Å². The first-order valence-electron chi connectivity index (χ1n) is 7.50. The van der Waals surface area contributed by atoms with Gasteiger partial charge in [-0.3, -0.25) is 0 Å². The van der Waals surface area contributed by atoms with Crippen LogP contribution in [0.1, 0.15) is 29.7 Å². The quantitative estimate of drug-likeness (QED) is 0.706. The van der Waals surface area contributed by atoms with Crippen LogP contribution in [0.3, 0.4) is 0 Å². The number of aryl methyl sites for hydroxylation is 1. The first-order valence-corrected chi connectivity index (χ1v) is 7.50. The van der Waals surface area contributed by atoms with Crippen LogP contribution in [-0.4, -0.2) is 0 Å². The van der Waals surface area contributed by atoms with Crippen LogP contribution >= 0.6 is 0 Å². The van der Waals surface area contributed by atoms with Gasteiger partial charge in [0.25, 0.3) is 0 Å². The first-order chi connectivity index (χ1) is 10.2. The first kappa shape index (κ1) is 13.8. The average molecular weight is 275 g/mol. The van der Waals surface area contributed by atoms with Crippen LogP contribution in [-0.2, 0) is 6.54 Å². The number of hydrogen-bond donors (Lipinski definition) is 1. The van der Waals surface area contributed by atoms with Crippen molar-refractivity contribution in [2.45, 2.75) is 26.4 Å². The molecule has 21 heavy (non-hydrogen) atoms. The van der Waals surface area contributed by atoms with Crippen molar-refractivity contribution in [3.8, 4) is 0 Å². The Labute approximate surface area is 126 Å². The molecule has 106 valence electrons. The topological polar surface area (TPSA) is 12.0 Å². The van der Waals surface area contributed by atoms with Gasteiger partial charge in [-0.2, -0.15) is 0 Å². The monoisotopic (exact) mass is 275 g/mol. The van der Waals surface area contributed by atoms with Crippen molar-refractivity contribution in [3.05, 3.63) is 83.4 Å². The summed E-state index contributed by atoms with van der Waals surface area (Å²) in [5.74, 6) is 0. The Bertz CT molecular complexity index is 723. The maximum atomic E-state index is 3.63. The van der Waals surface area contributed by atoms with E-state index in [-0.39, 0.29) is 0 Å². The summed E-state index contributed by atoms with van der Waals surface area (Å²) < 4.78 is 0. The zero-order valence-electron chi connectivity index (χ0n) is 12.6. The average Bonchev–Trinajstić information content (AvgIpc) is 2.53. The van der Waals surface area contributed by atoms with Crippen LogP contribution in [0.2, 0.25) is 0 Å². The molecule has 0 aromatic heterocycles. The predicted octanol–water partition coefficient (Wildman–Crippen LogP) is 5.00. The third kappa shape index (κ3) is 3.14.